The van der Waals surface area contributed by atoms with Crippen molar-refractivity contribution in [3.8, 4) is 0 Å². The molecule has 0 fully saturated rings. The second-order valence-electron chi connectivity index (χ2n) is 6.47. The van der Waals surface area contributed by atoms with Crippen LogP contribution in [0.3, 0.4) is 0 Å². The van der Waals surface area contributed by atoms with Gasteiger partial charge in [-0.1, -0.05) is 91.0 Å². The lowest BCUT2D eigenvalue weighted by atomic mass is 10.1. The zero-order valence-corrected chi connectivity index (χ0v) is 15.6. The summed E-state index contributed by atoms with van der Waals surface area (Å²) in [5.74, 6) is -0.748. The fraction of sp³-hybridized carbons (Fsp3) is 0.167. The van der Waals surface area contributed by atoms with E-state index in [1.807, 2.05) is 78.9 Å². The van der Waals surface area contributed by atoms with Crippen LogP contribution in [0.1, 0.15) is 22.8 Å². The van der Waals surface area contributed by atoms with E-state index in [1.165, 1.54) is 0 Å². The number of amides is 1. The third kappa shape index (κ3) is 5.81. The van der Waals surface area contributed by atoms with Gasteiger partial charge in [0.1, 0.15) is 0 Å². The van der Waals surface area contributed by atoms with E-state index in [0.717, 1.165) is 11.1 Å². The second kappa shape index (κ2) is 10.1. The lowest BCUT2D eigenvalue weighted by Gasteiger charge is -2.18. The van der Waals surface area contributed by atoms with E-state index in [4.69, 9.17) is 4.74 Å². The first-order valence-electron chi connectivity index (χ1n) is 9.32. The molecule has 0 aromatic heterocycles. The van der Waals surface area contributed by atoms with Gasteiger partial charge < -0.3 is 10.1 Å². The predicted octanol–water partition coefficient (Wildman–Crippen LogP) is 3.87. The first kappa shape index (κ1) is 19.4. The molecule has 3 aromatic rings. The number of rotatable bonds is 8. The average Bonchev–Trinajstić information content (AvgIpc) is 2.74. The number of esters is 1. The van der Waals surface area contributed by atoms with Crippen molar-refractivity contribution in [1.29, 1.82) is 0 Å². The van der Waals surface area contributed by atoms with E-state index >= 15 is 0 Å². The van der Waals surface area contributed by atoms with Crippen LogP contribution in [-0.4, -0.2) is 18.4 Å². The summed E-state index contributed by atoms with van der Waals surface area (Å²) in [6.07, 6.45) is -0.124. The van der Waals surface area contributed by atoms with Gasteiger partial charge in [-0.05, 0) is 17.5 Å². The molecule has 0 aliphatic heterocycles. The summed E-state index contributed by atoms with van der Waals surface area (Å²) in [5.41, 5.74) is 2.64. The highest BCUT2D eigenvalue weighted by atomic mass is 16.5. The number of carbonyl (C=O) groups is 2. The largest absolute Gasteiger partial charge is 0.447 e. The summed E-state index contributed by atoms with van der Waals surface area (Å²) < 4.78 is 5.55. The Morgan fingerprint density at radius 1 is 0.750 bits per heavy atom. The molecular formula is C24H23NO3. The van der Waals surface area contributed by atoms with Gasteiger partial charge in [0.2, 0.25) is 6.10 Å². The maximum Gasteiger partial charge on any atom is 0.311 e. The van der Waals surface area contributed by atoms with Crippen molar-refractivity contribution >= 4 is 11.9 Å². The van der Waals surface area contributed by atoms with Gasteiger partial charge in [0.15, 0.2) is 0 Å². The predicted molar refractivity (Wildman–Crippen MR) is 109 cm³/mol. The van der Waals surface area contributed by atoms with Gasteiger partial charge in [-0.3, -0.25) is 9.59 Å². The first-order chi connectivity index (χ1) is 13.7. The Kier molecular flexibility index (Phi) is 6.96. The van der Waals surface area contributed by atoms with Crippen molar-refractivity contribution in [2.75, 3.05) is 6.54 Å². The number of ether oxygens (including phenoxy) is 1. The van der Waals surface area contributed by atoms with Crippen LogP contribution in [-0.2, 0) is 27.2 Å². The Balaban J connectivity index is 1.63. The highest BCUT2D eigenvalue weighted by Crippen LogP contribution is 2.18. The second-order valence-corrected chi connectivity index (χ2v) is 6.47. The van der Waals surface area contributed by atoms with Crippen molar-refractivity contribution in [3.05, 3.63) is 108 Å². The number of carbonyl (C=O) groups excluding carboxylic acids is 2. The van der Waals surface area contributed by atoms with Gasteiger partial charge in [0.25, 0.3) is 5.91 Å². The topological polar surface area (TPSA) is 55.4 Å². The number of benzene rings is 3. The van der Waals surface area contributed by atoms with Crippen LogP contribution >= 0.6 is 0 Å². The molecule has 1 atom stereocenters. The highest BCUT2D eigenvalue weighted by molar-refractivity contribution is 5.85. The molecule has 0 heterocycles. The van der Waals surface area contributed by atoms with Crippen molar-refractivity contribution in [2.45, 2.75) is 18.9 Å². The monoisotopic (exact) mass is 373 g/mol. The van der Waals surface area contributed by atoms with Crippen LogP contribution in [0.4, 0.5) is 0 Å². The van der Waals surface area contributed by atoms with Crippen molar-refractivity contribution in [3.63, 3.8) is 0 Å². The summed E-state index contributed by atoms with van der Waals surface area (Å²) in [7, 11) is 0. The van der Waals surface area contributed by atoms with Crippen molar-refractivity contribution in [1.82, 2.24) is 5.32 Å². The Bertz CT molecular complexity index is 879. The number of hydrogen-bond acceptors (Lipinski definition) is 3. The van der Waals surface area contributed by atoms with Gasteiger partial charge in [-0.2, -0.15) is 0 Å². The lowest BCUT2D eigenvalue weighted by Crippen LogP contribution is -2.33. The third-order valence-corrected chi connectivity index (χ3v) is 4.34. The molecule has 1 amide bonds. The maximum absolute atomic E-state index is 12.7. The maximum atomic E-state index is 12.7. The van der Waals surface area contributed by atoms with E-state index in [-0.39, 0.29) is 12.3 Å². The number of nitrogens with one attached hydrogen (secondary N) is 1. The van der Waals surface area contributed by atoms with E-state index in [1.54, 1.807) is 12.1 Å². The molecule has 28 heavy (non-hydrogen) atoms. The molecule has 3 aromatic carbocycles. The van der Waals surface area contributed by atoms with Gasteiger partial charge in [-0.25, -0.2) is 0 Å². The molecule has 0 bridgehead atoms. The summed E-state index contributed by atoms with van der Waals surface area (Å²) in [6, 6.07) is 28.4. The van der Waals surface area contributed by atoms with Crippen molar-refractivity contribution < 1.29 is 14.3 Å². The quantitative estimate of drug-likeness (QED) is 0.610. The molecule has 142 valence electrons. The van der Waals surface area contributed by atoms with Crippen LogP contribution in [0.25, 0.3) is 0 Å². The summed E-state index contributed by atoms with van der Waals surface area (Å²) in [4.78, 5) is 25.1. The molecule has 4 nitrogen and oxygen atoms in total. The fourth-order valence-electron chi connectivity index (χ4n) is 2.90. The summed E-state index contributed by atoms with van der Waals surface area (Å²) in [5, 5.41) is 2.88. The minimum atomic E-state index is -0.965. The zero-order chi connectivity index (χ0) is 19.6. The van der Waals surface area contributed by atoms with Gasteiger partial charge in [0.05, 0.1) is 6.42 Å². The molecule has 0 aliphatic carbocycles. The van der Waals surface area contributed by atoms with Gasteiger partial charge in [-0.15, -0.1) is 0 Å². The van der Waals surface area contributed by atoms with E-state index in [0.29, 0.717) is 18.5 Å². The standard InChI is InChI=1S/C24H23NO3/c26-22(18-20-12-6-2-7-13-20)28-23(21-14-8-3-9-15-21)24(27)25-17-16-19-10-4-1-5-11-19/h1-15,23H,16-18H2,(H,25,27). The lowest BCUT2D eigenvalue weighted by molar-refractivity contribution is -0.155. The van der Waals surface area contributed by atoms with E-state index < -0.39 is 12.1 Å². The molecular weight excluding hydrogens is 350 g/mol. The minimum absolute atomic E-state index is 0.126. The molecule has 0 saturated carbocycles. The Morgan fingerprint density at radius 3 is 1.89 bits per heavy atom. The highest BCUT2D eigenvalue weighted by Gasteiger charge is 2.24. The SMILES string of the molecule is O=C(Cc1ccccc1)OC(C(=O)NCCc1ccccc1)c1ccccc1. The molecule has 0 radical (unpaired) electrons. The Morgan fingerprint density at radius 2 is 1.29 bits per heavy atom. The summed E-state index contributed by atoms with van der Waals surface area (Å²) in [6.45, 7) is 0.475. The van der Waals surface area contributed by atoms with E-state index in [2.05, 4.69) is 5.32 Å². The van der Waals surface area contributed by atoms with E-state index in [9.17, 15) is 9.59 Å². The van der Waals surface area contributed by atoms with Crippen LogP contribution < -0.4 is 5.32 Å². The number of hydrogen-bond donors (Lipinski definition) is 1. The zero-order valence-electron chi connectivity index (χ0n) is 15.6. The minimum Gasteiger partial charge on any atom is -0.447 e. The fourth-order valence-corrected chi connectivity index (χ4v) is 2.90. The first-order valence-corrected chi connectivity index (χ1v) is 9.32. The molecule has 1 N–H and O–H groups in total. The smallest absolute Gasteiger partial charge is 0.311 e. The van der Waals surface area contributed by atoms with Crippen LogP contribution in [0.2, 0.25) is 0 Å². The third-order valence-electron chi connectivity index (χ3n) is 4.34. The van der Waals surface area contributed by atoms with Crippen molar-refractivity contribution in [2.24, 2.45) is 0 Å². The molecule has 0 aliphatic rings. The van der Waals surface area contributed by atoms with Crippen LogP contribution in [0.5, 0.6) is 0 Å². The van der Waals surface area contributed by atoms with Gasteiger partial charge >= 0.3 is 5.97 Å². The normalized spacial score (nSPS) is 11.4. The molecule has 4 heteroatoms. The Labute approximate surface area is 165 Å². The Hall–Kier alpha value is -3.40. The van der Waals surface area contributed by atoms with Gasteiger partial charge in [0, 0.05) is 12.1 Å². The summed E-state index contributed by atoms with van der Waals surface area (Å²) >= 11 is 0. The molecule has 0 saturated heterocycles. The van der Waals surface area contributed by atoms with Crippen LogP contribution in [0.15, 0.2) is 91.0 Å². The molecule has 3 rings (SSSR count). The average molecular weight is 373 g/mol. The molecule has 0 spiro atoms. The molecule has 1 unspecified atom stereocenters. The van der Waals surface area contributed by atoms with Crippen LogP contribution in [0, 0.1) is 0 Å².